The minimum absolute atomic E-state index is 0.191. The maximum Gasteiger partial charge on any atom is 0.262 e. The van der Waals surface area contributed by atoms with Crippen LogP contribution in [0, 0.1) is 3.57 Å². The molecule has 2 N–H and O–H groups in total. The number of rotatable bonds is 6. The Morgan fingerprint density at radius 2 is 2.00 bits per heavy atom. The maximum atomic E-state index is 12.4. The lowest BCUT2D eigenvalue weighted by Gasteiger charge is -2.11. The molecular weight excluding hydrogens is 401 g/mol. The normalized spacial score (nSPS) is 11.1. The molecule has 0 radical (unpaired) electrons. The molecule has 21 heavy (non-hydrogen) atoms. The van der Waals surface area contributed by atoms with E-state index in [0.717, 1.165) is 16.5 Å². The summed E-state index contributed by atoms with van der Waals surface area (Å²) in [6, 6.07) is 10.2. The van der Waals surface area contributed by atoms with E-state index in [4.69, 9.17) is 0 Å². The van der Waals surface area contributed by atoms with Gasteiger partial charge in [0.25, 0.3) is 10.0 Å². The number of nitrogens with one attached hydrogen (secondary N) is 2. The Morgan fingerprint density at radius 3 is 2.71 bits per heavy atom. The number of halogens is 1. The van der Waals surface area contributed by atoms with Crippen molar-refractivity contribution < 1.29 is 8.42 Å². The van der Waals surface area contributed by atoms with Crippen molar-refractivity contribution in [3.63, 3.8) is 0 Å². The molecule has 1 heterocycles. The number of hydrogen-bond acceptors (Lipinski definition) is 4. The first-order valence-electron chi connectivity index (χ1n) is 6.50. The third-order valence-electron chi connectivity index (χ3n) is 2.72. The van der Waals surface area contributed by atoms with E-state index in [2.05, 4.69) is 37.6 Å². The average Bonchev–Trinajstić information content (AvgIpc) is 2.48. The fraction of sp³-hybridized carbons (Fsp3) is 0.214. The second-order valence-electron chi connectivity index (χ2n) is 4.39. The monoisotopic (exact) mass is 417 g/mol. The van der Waals surface area contributed by atoms with Gasteiger partial charge in [-0.3, -0.25) is 4.72 Å². The quantitative estimate of drug-likeness (QED) is 0.708. The Balaban J connectivity index is 2.25. The molecule has 1 aromatic heterocycles. The smallest absolute Gasteiger partial charge is 0.262 e. The fourth-order valence-corrected chi connectivity index (χ4v) is 3.47. The van der Waals surface area contributed by atoms with Crippen LogP contribution >= 0.6 is 22.6 Å². The summed E-state index contributed by atoms with van der Waals surface area (Å²) < 4.78 is 28.3. The van der Waals surface area contributed by atoms with Crippen LogP contribution in [0.4, 0.5) is 11.5 Å². The molecule has 5 nitrogen and oxygen atoms in total. The van der Waals surface area contributed by atoms with Gasteiger partial charge in [-0.1, -0.05) is 19.1 Å². The van der Waals surface area contributed by atoms with Crippen LogP contribution in [0.2, 0.25) is 0 Å². The standard InChI is InChI=1S/C14H16IN3O2S/c1-2-8-16-14-10-11(7-9-17-14)21(19,20)18-13-6-4-3-5-12(13)15/h3-7,9-10,18H,2,8H2,1H3,(H,16,17). The highest BCUT2D eigenvalue weighted by Crippen LogP contribution is 2.22. The zero-order valence-electron chi connectivity index (χ0n) is 11.5. The molecule has 0 amide bonds. The van der Waals surface area contributed by atoms with Gasteiger partial charge in [-0.05, 0) is 47.2 Å². The van der Waals surface area contributed by atoms with E-state index in [0.29, 0.717) is 11.5 Å². The summed E-state index contributed by atoms with van der Waals surface area (Å²) >= 11 is 2.09. The summed E-state index contributed by atoms with van der Waals surface area (Å²) in [6.07, 6.45) is 2.43. The largest absolute Gasteiger partial charge is 0.370 e. The Morgan fingerprint density at radius 1 is 1.24 bits per heavy atom. The zero-order chi connectivity index (χ0) is 15.3. The van der Waals surface area contributed by atoms with Crippen molar-refractivity contribution in [3.8, 4) is 0 Å². The first-order valence-corrected chi connectivity index (χ1v) is 9.06. The van der Waals surface area contributed by atoms with E-state index >= 15 is 0 Å². The molecular formula is C14H16IN3O2S. The lowest BCUT2D eigenvalue weighted by atomic mass is 10.3. The van der Waals surface area contributed by atoms with Crippen molar-refractivity contribution in [3.05, 3.63) is 46.2 Å². The SMILES string of the molecule is CCCNc1cc(S(=O)(=O)Nc2ccccc2I)ccn1. The predicted octanol–water partition coefficient (Wildman–Crippen LogP) is 3.31. The first kappa shape index (κ1) is 16.0. The zero-order valence-corrected chi connectivity index (χ0v) is 14.5. The highest BCUT2D eigenvalue weighted by atomic mass is 127. The Labute approximate surface area is 138 Å². The second-order valence-corrected chi connectivity index (χ2v) is 7.23. The molecule has 0 fully saturated rings. The van der Waals surface area contributed by atoms with Gasteiger partial charge in [-0.15, -0.1) is 0 Å². The molecule has 1 aromatic carbocycles. The third-order valence-corrected chi connectivity index (χ3v) is 5.02. The summed E-state index contributed by atoms with van der Waals surface area (Å²) in [4.78, 5) is 4.30. The highest BCUT2D eigenvalue weighted by Gasteiger charge is 2.16. The van der Waals surface area contributed by atoms with Crippen molar-refractivity contribution in [2.45, 2.75) is 18.2 Å². The summed E-state index contributed by atoms with van der Waals surface area (Å²) in [5.74, 6) is 0.558. The average molecular weight is 417 g/mol. The number of hydrogen-bond donors (Lipinski definition) is 2. The summed E-state index contributed by atoms with van der Waals surface area (Å²) in [6.45, 7) is 2.78. The number of anilines is 2. The molecule has 2 aromatic rings. The van der Waals surface area contributed by atoms with Gasteiger partial charge in [0.15, 0.2) is 0 Å². The third kappa shape index (κ3) is 4.31. The van der Waals surface area contributed by atoms with E-state index in [9.17, 15) is 8.42 Å². The highest BCUT2D eigenvalue weighted by molar-refractivity contribution is 14.1. The topological polar surface area (TPSA) is 71.1 Å². The number of sulfonamides is 1. The van der Waals surface area contributed by atoms with Crippen molar-refractivity contribution in [2.75, 3.05) is 16.6 Å². The lowest BCUT2D eigenvalue weighted by molar-refractivity contribution is 0.601. The molecule has 0 saturated heterocycles. The van der Waals surface area contributed by atoms with E-state index in [-0.39, 0.29) is 4.90 Å². The lowest BCUT2D eigenvalue weighted by Crippen LogP contribution is -2.14. The van der Waals surface area contributed by atoms with Crippen molar-refractivity contribution in [1.29, 1.82) is 0 Å². The second kappa shape index (κ2) is 7.08. The Kier molecular flexibility index (Phi) is 5.40. The van der Waals surface area contributed by atoms with Crippen molar-refractivity contribution in [1.82, 2.24) is 4.98 Å². The van der Waals surface area contributed by atoms with Crippen LogP contribution in [-0.2, 0) is 10.0 Å². The molecule has 112 valence electrons. The molecule has 0 aliphatic carbocycles. The molecule has 2 rings (SSSR count). The molecule has 0 atom stereocenters. The minimum Gasteiger partial charge on any atom is -0.370 e. The van der Waals surface area contributed by atoms with Gasteiger partial charge in [0.2, 0.25) is 0 Å². The molecule has 0 aliphatic rings. The molecule has 0 aliphatic heterocycles. The van der Waals surface area contributed by atoms with Gasteiger partial charge in [0.05, 0.1) is 10.6 Å². The predicted molar refractivity (Wildman–Crippen MR) is 93.0 cm³/mol. The number of aromatic nitrogens is 1. The fourth-order valence-electron chi connectivity index (χ4n) is 1.68. The van der Waals surface area contributed by atoms with Gasteiger partial charge < -0.3 is 5.32 Å². The molecule has 0 unspecified atom stereocenters. The van der Waals surface area contributed by atoms with Crippen molar-refractivity contribution >= 4 is 44.1 Å². The Bertz CT molecular complexity index is 720. The molecule has 0 saturated carbocycles. The van der Waals surface area contributed by atoms with Gasteiger partial charge in [0.1, 0.15) is 5.82 Å². The number of para-hydroxylation sites is 1. The maximum absolute atomic E-state index is 12.4. The molecule has 0 bridgehead atoms. The van der Waals surface area contributed by atoms with Crippen LogP contribution in [0.1, 0.15) is 13.3 Å². The van der Waals surface area contributed by atoms with E-state index in [1.165, 1.54) is 18.3 Å². The summed E-state index contributed by atoms with van der Waals surface area (Å²) in [5, 5.41) is 3.08. The van der Waals surface area contributed by atoms with Crippen LogP contribution in [0.5, 0.6) is 0 Å². The van der Waals surface area contributed by atoms with Crippen LogP contribution < -0.4 is 10.0 Å². The van der Waals surface area contributed by atoms with Gasteiger partial charge in [0, 0.05) is 22.4 Å². The number of benzene rings is 1. The van der Waals surface area contributed by atoms with Crippen molar-refractivity contribution in [2.24, 2.45) is 0 Å². The van der Waals surface area contributed by atoms with Crippen LogP contribution in [0.3, 0.4) is 0 Å². The molecule has 7 heteroatoms. The van der Waals surface area contributed by atoms with Crippen LogP contribution in [-0.4, -0.2) is 19.9 Å². The van der Waals surface area contributed by atoms with E-state index in [1.54, 1.807) is 12.1 Å². The molecule has 0 spiro atoms. The van der Waals surface area contributed by atoms with E-state index < -0.39 is 10.0 Å². The van der Waals surface area contributed by atoms with Gasteiger partial charge in [-0.2, -0.15) is 0 Å². The number of nitrogens with zero attached hydrogens (tertiary/aromatic N) is 1. The van der Waals surface area contributed by atoms with E-state index in [1.807, 2.05) is 19.1 Å². The van der Waals surface area contributed by atoms with Gasteiger partial charge >= 0.3 is 0 Å². The summed E-state index contributed by atoms with van der Waals surface area (Å²) in [5.41, 5.74) is 0.568. The number of pyridine rings is 1. The first-order chi connectivity index (χ1) is 10.0. The Hall–Kier alpha value is -1.35. The van der Waals surface area contributed by atoms with Crippen LogP contribution in [0.15, 0.2) is 47.5 Å². The van der Waals surface area contributed by atoms with Crippen LogP contribution in [0.25, 0.3) is 0 Å². The summed E-state index contributed by atoms with van der Waals surface area (Å²) in [7, 11) is -3.62. The van der Waals surface area contributed by atoms with Gasteiger partial charge in [-0.25, -0.2) is 13.4 Å². The minimum atomic E-state index is -3.62.